The van der Waals surface area contributed by atoms with Crippen LogP contribution in [0.25, 0.3) is 43.4 Å². The smallest absolute Gasteiger partial charge is 0.335 e. The lowest BCUT2D eigenvalue weighted by Gasteiger charge is -2.28. The fourth-order valence-electron chi connectivity index (χ4n) is 5.71. The minimum Gasteiger partial charge on any atom is -0.423 e. The number of esters is 1. The summed E-state index contributed by atoms with van der Waals surface area (Å²) in [6.07, 6.45) is 1.16. The maximum Gasteiger partial charge on any atom is 0.335 e. The molecule has 3 nitrogen and oxygen atoms in total. The van der Waals surface area contributed by atoms with E-state index in [0.29, 0.717) is 5.75 Å². The molecule has 0 aromatic heterocycles. The second-order valence-electron chi connectivity index (χ2n) is 10.3. The molecule has 0 saturated carbocycles. The van der Waals surface area contributed by atoms with Crippen LogP contribution in [0.2, 0.25) is 0 Å². The van der Waals surface area contributed by atoms with Crippen LogP contribution in [0.4, 0.5) is 17.1 Å². The summed E-state index contributed by atoms with van der Waals surface area (Å²) in [6, 6.07) is 44.7. The summed E-state index contributed by atoms with van der Waals surface area (Å²) in [5.74, 6) is 0.0277. The fraction of sp³-hybridized carbons (Fsp3) is 0.0263. The molecule has 0 aliphatic carbocycles. The SMILES string of the molecule is C=CC(=O)Oc1ccc(-c2ccc(N(c3ccc(C)cc3)c3ccc4ccc5cccc6ccc3c4c56)cc2)cc1. The van der Waals surface area contributed by atoms with Gasteiger partial charge >= 0.3 is 5.97 Å². The highest BCUT2D eigenvalue weighted by molar-refractivity contribution is 6.25. The summed E-state index contributed by atoms with van der Waals surface area (Å²) >= 11 is 0. The first kappa shape index (κ1) is 24.6. The molecule has 0 fully saturated rings. The van der Waals surface area contributed by atoms with Crippen molar-refractivity contribution in [1.29, 1.82) is 0 Å². The predicted molar refractivity (Wildman–Crippen MR) is 171 cm³/mol. The molecule has 0 N–H and O–H groups in total. The van der Waals surface area contributed by atoms with Gasteiger partial charge in [-0.3, -0.25) is 0 Å². The van der Waals surface area contributed by atoms with Gasteiger partial charge in [-0.25, -0.2) is 4.79 Å². The Morgan fingerprint density at radius 1 is 0.634 bits per heavy atom. The van der Waals surface area contributed by atoms with E-state index in [1.165, 1.54) is 37.9 Å². The average molecular weight is 530 g/mol. The number of carbonyl (C=O) groups excluding carboxylic acids is 1. The number of nitrogens with zero attached hydrogens (tertiary/aromatic N) is 1. The van der Waals surface area contributed by atoms with Gasteiger partial charge in [-0.2, -0.15) is 0 Å². The Hall–Kier alpha value is -5.41. The monoisotopic (exact) mass is 529 g/mol. The number of rotatable bonds is 6. The van der Waals surface area contributed by atoms with E-state index in [1.54, 1.807) is 12.1 Å². The summed E-state index contributed by atoms with van der Waals surface area (Å²) in [5, 5.41) is 7.59. The van der Waals surface area contributed by atoms with Crippen LogP contribution in [0.3, 0.4) is 0 Å². The zero-order valence-corrected chi connectivity index (χ0v) is 22.7. The Labute approximate surface area is 238 Å². The van der Waals surface area contributed by atoms with Gasteiger partial charge in [0.25, 0.3) is 0 Å². The number of hydrogen-bond donors (Lipinski definition) is 0. The van der Waals surface area contributed by atoms with E-state index < -0.39 is 5.97 Å². The molecule has 0 atom stereocenters. The predicted octanol–water partition coefficient (Wildman–Crippen LogP) is 10.1. The first-order valence-corrected chi connectivity index (χ1v) is 13.7. The van der Waals surface area contributed by atoms with E-state index in [0.717, 1.165) is 34.3 Å². The Bertz CT molecular complexity index is 2020. The van der Waals surface area contributed by atoms with E-state index in [1.807, 2.05) is 12.1 Å². The number of hydrogen-bond acceptors (Lipinski definition) is 3. The molecule has 7 aromatic rings. The van der Waals surface area contributed by atoms with Gasteiger partial charge in [0.15, 0.2) is 0 Å². The van der Waals surface area contributed by atoms with Crippen LogP contribution in [0.1, 0.15) is 5.56 Å². The van der Waals surface area contributed by atoms with Gasteiger partial charge in [0.05, 0.1) is 5.69 Å². The summed E-state index contributed by atoms with van der Waals surface area (Å²) in [5.41, 5.74) is 6.66. The van der Waals surface area contributed by atoms with Crippen molar-refractivity contribution < 1.29 is 9.53 Å². The standard InChI is InChI=1S/C38H27NO2/c1-3-36(40)41-33-21-13-27(14-22-33)26-11-19-32(20-12-26)39(31-17-7-25(2)8-18-31)35-24-16-30-10-9-28-5-4-6-29-15-23-34(35)38(30)37(28)29/h3-24H,1H2,2H3. The molecule has 196 valence electrons. The second-order valence-corrected chi connectivity index (χ2v) is 10.3. The van der Waals surface area contributed by atoms with Crippen LogP contribution in [0.15, 0.2) is 140 Å². The maximum absolute atomic E-state index is 11.5. The van der Waals surface area contributed by atoms with Crippen molar-refractivity contribution in [1.82, 2.24) is 0 Å². The topological polar surface area (TPSA) is 29.5 Å². The summed E-state index contributed by atoms with van der Waals surface area (Å²) < 4.78 is 5.23. The number of aryl methyl sites for hydroxylation is 1. The lowest BCUT2D eigenvalue weighted by molar-refractivity contribution is -0.128. The molecule has 0 radical (unpaired) electrons. The van der Waals surface area contributed by atoms with Crippen LogP contribution >= 0.6 is 0 Å². The summed E-state index contributed by atoms with van der Waals surface area (Å²) in [6.45, 7) is 5.57. The minimum atomic E-state index is -0.468. The highest BCUT2D eigenvalue weighted by Gasteiger charge is 2.18. The molecular formula is C38H27NO2. The van der Waals surface area contributed by atoms with Crippen molar-refractivity contribution in [2.45, 2.75) is 6.92 Å². The molecule has 7 aromatic carbocycles. The molecule has 0 saturated heterocycles. The zero-order chi connectivity index (χ0) is 27.9. The fourth-order valence-corrected chi connectivity index (χ4v) is 5.71. The van der Waals surface area contributed by atoms with Gasteiger partial charge in [0, 0.05) is 22.8 Å². The van der Waals surface area contributed by atoms with Crippen LogP contribution in [0, 0.1) is 6.92 Å². The number of benzene rings is 7. The van der Waals surface area contributed by atoms with Crippen LogP contribution in [-0.2, 0) is 4.79 Å². The summed E-state index contributed by atoms with van der Waals surface area (Å²) in [4.78, 5) is 13.9. The highest BCUT2D eigenvalue weighted by atomic mass is 16.5. The molecular weight excluding hydrogens is 502 g/mol. The number of carbonyl (C=O) groups is 1. The Morgan fingerprint density at radius 3 is 1.80 bits per heavy atom. The van der Waals surface area contributed by atoms with Crippen molar-refractivity contribution in [2.24, 2.45) is 0 Å². The lowest BCUT2D eigenvalue weighted by atomic mass is 9.93. The number of anilines is 3. The minimum absolute atomic E-state index is 0.468. The zero-order valence-electron chi connectivity index (χ0n) is 22.7. The van der Waals surface area contributed by atoms with E-state index in [-0.39, 0.29) is 0 Å². The van der Waals surface area contributed by atoms with Crippen molar-refractivity contribution in [3.63, 3.8) is 0 Å². The van der Waals surface area contributed by atoms with Crippen molar-refractivity contribution in [2.75, 3.05) is 4.90 Å². The molecule has 0 aliphatic rings. The van der Waals surface area contributed by atoms with E-state index in [2.05, 4.69) is 122 Å². The largest absolute Gasteiger partial charge is 0.423 e. The molecule has 3 heteroatoms. The van der Waals surface area contributed by atoms with Gasteiger partial charge in [0.2, 0.25) is 0 Å². The van der Waals surface area contributed by atoms with E-state index >= 15 is 0 Å². The third-order valence-corrected chi connectivity index (χ3v) is 7.74. The first-order valence-electron chi connectivity index (χ1n) is 13.7. The van der Waals surface area contributed by atoms with Gasteiger partial charge in [0.1, 0.15) is 5.75 Å². The van der Waals surface area contributed by atoms with Gasteiger partial charge in [-0.1, -0.05) is 97.1 Å². The van der Waals surface area contributed by atoms with Crippen molar-refractivity contribution >= 4 is 55.3 Å². The average Bonchev–Trinajstić information content (AvgIpc) is 3.02. The van der Waals surface area contributed by atoms with E-state index in [4.69, 9.17) is 4.74 Å². The Morgan fingerprint density at radius 2 is 1.17 bits per heavy atom. The Balaban J connectivity index is 1.35. The molecule has 0 amide bonds. The molecule has 0 spiro atoms. The summed E-state index contributed by atoms with van der Waals surface area (Å²) in [7, 11) is 0. The van der Waals surface area contributed by atoms with Crippen LogP contribution in [-0.4, -0.2) is 5.97 Å². The second kappa shape index (κ2) is 9.96. The normalized spacial score (nSPS) is 11.2. The van der Waals surface area contributed by atoms with E-state index in [9.17, 15) is 4.79 Å². The Kier molecular flexibility index (Phi) is 5.98. The maximum atomic E-state index is 11.5. The van der Waals surface area contributed by atoms with Crippen LogP contribution in [0.5, 0.6) is 5.75 Å². The van der Waals surface area contributed by atoms with Crippen molar-refractivity contribution in [3.05, 3.63) is 146 Å². The number of ether oxygens (including phenoxy) is 1. The molecule has 0 heterocycles. The van der Waals surface area contributed by atoms with Crippen molar-refractivity contribution in [3.8, 4) is 16.9 Å². The van der Waals surface area contributed by atoms with Gasteiger partial charge < -0.3 is 9.64 Å². The quantitative estimate of drug-likeness (QED) is 0.0929. The molecule has 7 rings (SSSR count). The van der Waals surface area contributed by atoms with Crippen LogP contribution < -0.4 is 9.64 Å². The molecule has 0 bridgehead atoms. The van der Waals surface area contributed by atoms with Gasteiger partial charge in [-0.15, -0.1) is 0 Å². The third kappa shape index (κ3) is 4.38. The molecule has 41 heavy (non-hydrogen) atoms. The molecule has 0 aliphatic heterocycles. The molecule has 0 unspecified atom stereocenters. The van der Waals surface area contributed by atoms with Gasteiger partial charge in [-0.05, 0) is 87.4 Å². The first-order chi connectivity index (χ1) is 20.1. The highest BCUT2D eigenvalue weighted by Crippen LogP contribution is 2.44. The lowest BCUT2D eigenvalue weighted by Crippen LogP contribution is -2.10. The third-order valence-electron chi connectivity index (χ3n) is 7.74.